The van der Waals surface area contributed by atoms with E-state index in [-0.39, 0.29) is 181 Å². The smallest absolute Gasteiger partial charge is 0.252 e. The number of rotatable bonds is 21. The fourth-order valence-electron chi connectivity index (χ4n) is 10.3. The van der Waals surface area contributed by atoms with Crippen LogP contribution in [0.2, 0.25) is 40.2 Å². The minimum atomic E-state index is -3.39. The highest BCUT2D eigenvalue weighted by Gasteiger charge is 2.20. The van der Waals surface area contributed by atoms with Gasteiger partial charge in [-0.25, -0.2) is 33.7 Å². The van der Waals surface area contributed by atoms with E-state index < -0.39 is 68.9 Å². The number of pyridine rings is 5. The van der Waals surface area contributed by atoms with E-state index in [1.807, 2.05) is 0 Å². The lowest BCUT2D eigenvalue weighted by Gasteiger charge is -2.14. The number of amides is 6. The van der Waals surface area contributed by atoms with E-state index in [0.29, 0.717) is 43.6 Å². The molecule has 0 saturated heterocycles. The summed E-state index contributed by atoms with van der Waals surface area (Å²) in [6.45, 7) is 0.782. The van der Waals surface area contributed by atoms with Crippen LogP contribution in [-0.2, 0) is 72.1 Å². The molecule has 43 heteroatoms. The Labute approximate surface area is 734 Å². The van der Waals surface area contributed by atoms with Crippen LogP contribution >= 0.6 is 92.8 Å². The number of hydrogen-bond donors (Lipinski definition) is 11. The Kier molecular flexibility index (Phi) is 40.6. The highest BCUT2D eigenvalue weighted by Crippen LogP contribution is 2.27. The average Bonchev–Trinajstić information content (AvgIpc) is 0.807. The predicted molar refractivity (Wildman–Crippen MR) is 468 cm³/mol. The number of nitrogens with one attached hydrogen (secondary N) is 6. The van der Waals surface area contributed by atoms with Crippen molar-refractivity contribution in [1.82, 2.24) is 28.2 Å². The van der Waals surface area contributed by atoms with Gasteiger partial charge in [-0.2, -0.15) is 0 Å². The maximum Gasteiger partial charge on any atom is 0.252 e. The first-order valence-electron chi connectivity index (χ1n) is 32.2. The quantitative estimate of drug-likeness (QED) is 0.0318. The number of nitrogens with zero attached hydrogens (tertiary/aromatic N) is 5. The second kappa shape index (κ2) is 45.3. The molecule has 0 aliphatic heterocycles. The molecule has 10 aromatic rings. The number of benzene rings is 5. The first-order valence-corrected chi connectivity index (χ1v) is 42.8. The van der Waals surface area contributed by atoms with Gasteiger partial charge in [0.1, 0.15) is 33.2 Å². The maximum absolute atomic E-state index is 11.7. The lowest BCUT2D eigenvalue weighted by molar-refractivity contribution is 0.0958. The van der Waals surface area contributed by atoms with Crippen molar-refractivity contribution in [3.63, 3.8) is 0 Å². The Hall–Kier alpha value is -10.4. The SMILES string of the molecule is C.C.C.C.C.CNC(=O)c1cc(Cl)cc(Cn2cc(Cl)cc(C(N)=O)c2=N)c1.COc1ccc(S(C)(=O)=O)cc1Cn1cc(Cl)cc(C(N)=O)c1=N.CS(=O)(=O)c1ccc(Cl)c(Cn2cc(Cl)cc(C(N)=O)c2=N)c1.CS(=O)(=O)c1ccc(Cn2cc(Cl)cc(C(N)=O)c2=N)c(Cl)c1.CS(=O)(=O)c1ccc(Cn2cc(Cl)cc(C(N)=O)c2=N)cc1. The highest BCUT2D eigenvalue weighted by molar-refractivity contribution is 7.91. The van der Waals surface area contributed by atoms with Gasteiger partial charge in [-0.15, -0.1) is 0 Å². The molecule has 5 aromatic carbocycles. The average molecular weight is 1890 g/mol. The predicted octanol–water partition coefficient (Wildman–Crippen LogP) is 11.0. The second-order valence-electron chi connectivity index (χ2n) is 24.7. The molecule has 0 spiro atoms. The van der Waals surface area contributed by atoms with Crippen molar-refractivity contribution in [1.29, 1.82) is 27.0 Å². The summed E-state index contributed by atoms with van der Waals surface area (Å²) < 4.78 is 105. The number of carbonyl (C=O) groups excluding carboxylic acids is 6. The molecule has 120 heavy (non-hydrogen) atoms. The molecular formula is C77H90Cl8N16O15S4. The summed E-state index contributed by atoms with van der Waals surface area (Å²) in [4.78, 5) is 69.1. The number of ether oxygens (including phenoxy) is 1. The van der Waals surface area contributed by atoms with Gasteiger partial charge in [-0.1, -0.05) is 148 Å². The molecule has 0 aliphatic rings. The van der Waals surface area contributed by atoms with E-state index in [0.717, 1.165) is 30.6 Å². The zero-order valence-electron chi connectivity index (χ0n) is 60.9. The Balaban J connectivity index is 0.000000742. The third kappa shape index (κ3) is 29.8. The maximum atomic E-state index is 11.7. The number of sulfone groups is 4. The number of methoxy groups -OCH3 is 1. The molecule has 5 heterocycles. The number of nitrogens with two attached hydrogens (primary N) is 5. The molecule has 0 saturated carbocycles. The van der Waals surface area contributed by atoms with E-state index in [1.54, 1.807) is 36.4 Å². The summed E-state index contributed by atoms with van der Waals surface area (Å²) in [6.07, 6.45) is 11.8. The monoisotopic (exact) mass is 1890 g/mol. The van der Waals surface area contributed by atoms with Crippen LogP contribution in [0.25, 0.3) is 0 Å². The van der Waals surface area contributed by atoms with E-state index in [9.17, 15) is 62.4 Å². The van der Waals surface area contributed by atoms with Crippen molar-refractivity contribution < 1.29 is 67.2 Å². The summed E-state index contributed by atoms with van der Waals surface area (Å²) in [5.74, 6) is -3.58. The van der Waals surface area contributed by atoms with E-state index in [4.69, 9.17) is 153 Å². The van der Waals surface area contributed by atoms with Crippen LogP contribution in [-0.4, -0.2) is 131 Å². The van der Waals surface area contributed by atoms with E-state index in [1.165, 1.54) is 159 Å². The molecule has 648 valence electrons. The largest absolute Gasteiger partial charge is 0.496 e. The van der Waals surface area contributed by atoms with Crippen LogP contribution in [0, 0.1) is 27.0 Å². The summed E-state index contributed by atoms with van der Waals surface area (Å²) in [7, 11) is -10.4. The molecule has 0 aliphatic carbocycles. The van der Waals surface area contributed by atoms with Crippen molar-refractivity contribution in [2.24, 2.45) is 28.7 Å². The van der Waals surface area contributed by atoms with Gasteiger partial charge < -0.3 is 61.6 Å². The van der Waals surface area contributed by atoms with Crippen molar-refractivity contribution in [2.45, 2.75) is 89.4 Å². The summed E-state index contributed by atoms with van der Waals surface area (Å²) in [5.41, 5.74) is 29.1. The number of halogens is 8. The Morgan fingerprint density at radius 3 is 0.958 bits per heavy atom. The number of carbonyl (C=O) groups is 6. The number of primary amides is 5. The first-order chi connectivity index (χ1) is 53.3. The van der Waals surface area contributed by atoms with Crippen LogP contribution in [0.15, 0.2) is 178 Å². The van der Waals surface area contributed by atoms with Crippen LogP contribution in [0.3, 0.4) is 0 Å². The van der Waals surface area contributed by atoms with Crippen molar-refractivity contribution in [3.8, 4) is 5.75 Å². The summed E-state index contributed by atoms with van der Waals surface area (Å²) in [5, 5.41) is 44.9. The van der Waals surface area contributed by atoms with Gasteiger partial charge in [0.2, 0.25) is 0 Å². The topological polar surface area (TPSA) is 534 Å². The van der Waals surface area contributed by atoms with Gasteiger partial charge in [0.15, 0.2) is 39.3 Å². The lowest BCUT2D eigenvalue weighted by atomic mass is 10.1. The van der Waals surface area contributed by atoms with Gasteiger partial charge in [-0.05, 0) is 131 Å². The molecular weight excluding hydrogens is 1800 g/mol. The molecule has 0 bridgehead atoms. The Morgan fingerprint density at radius 2 is 0.633 bits per heavy atom. The molecule has 16 N–H and O–H groups in total. The molecule has 0 atom stereocenters. The normalized spacial score (nSPS) is 10.7. The molecule has 6 amide bonds. The van der Waals surface area contributed by atoms with Crippen LogP contribution in [0.5, 0.6) is 5.75 Å². The molecule has 31 nitrogen and oxygen atoms in total. The standard InChI is InChI=1S/C15H14Cl2N4O2.C15H16ClN3O4S.2C14H13Cl2N3O3S.C14H14ClN3O3S.5CH4/c1-20-15(23)9-2-8(3-10(16)4-9)6-21-7-11(17)5-12(13(21)18)14(19)22;1-23-13-4-3-11(24(2,21)22)5-9(13)7-19-8-10(16)6-12(14(19)17)15(18)20;1-23(21,22)10-2-3-12(16)8(4-10)6-19-7-9(15)5-11(13(19)17)14(18)20;1-23(21,22)10-3-2-8(12(16)5-10)6-19-7-9(15)4-11(13(19)17)14(18)20;1-22(20,21)11-4-2-9(3-5-11)7-18-8-10(15)6-12(13(18)16)14(17)19;;;;;/h2-5,7,18H,6H2,1H3,(H2,19,22)(H,20,23);3-6,8,17H,7H2,1-2H3,(H2,18,20);2*2-5,7,17H,6H2,1H3,(H2,18,20);2-6,8,16H,7H2,1H3,(H2,17,19);5*1H4. The van der Waals surface area contributed by atoms with E-state index >= 15 is 0 Å². The second-order valence-corrected chi connectivity index (χ2v) is 36.2. The first kappa shape index (κ1) is 108. The number of hydrogen-bond acceptors (Lipinski definition) is 20. The van der Waals surface area contributed by atoms with Crippen molar-refractivity contribution in [3.05, 3.63) is 287 Å². The van der Waals surface area contributed by atoms with Crippen LogP contribution < -0.4 is 66.2 Å². The fourth-order valence-corrected chi connectivity index (χ4v) is 14.8. The van der Waals surface area contributed by atoms with Crippen molar-refractivity contribution >= 4 is 168 Å². The Morgan fingerprint density at radius 1 is 0.342 bits per heavy atom. The lowest BCUT2D eigenvalue weighted by Crippen LogP contribution is -2.29. The highest BCUT2D eigenvalue weighted by atomic mass is 35.5. The molecule has 5 aromatic heterocycles. The minimum Gasteiger partial charge on any atom is -0.496 e. The van der Waals surface area contributed by atoms with Crippen LogP contribution in [0.4, 0.5) is 0 Å². The van der Waals surface area contributed by atoms with Crippen LogP contribution in [0.1, 0.15) is 127 Å². The van der Waals surface area contributed by atoms with Gasteiger partial charge in [0.05, 0.1) is 99.3 Å². The molecule has 0 fully saturated rings. The summed E-state index contributed by atoms with van der Waals surface area (Å²) in [6, 6.07) is 30.8. The molecule has 10 rings (SSSR count). The number of aromatic nitrogens is 5. The third-order valence-electron chi connectivity index (χ3n) is 16.0. The van der Waals surface area contributed by atoms with Crippen molar-refractivity contribution in [2.75, 3.05) is 39.2 Å². The van der Waals surface area contributed by atoms with Gasteiger partial charge in [0, 0.05) is 102 Å². The third-order valence-corrected chi connectivity index (χ3v) is 22.4. The Bertz CT molecular complexity index is 6390. The van der Waals surface area contributed by atoms with Gasteiger partial charge >= 0.3 is 0 Å². The summed E-state index contributed by atoms with van der Waals surface area (Å²) >= 11 is 48.0. The zero-order valence-corrected chi connectivity index (χ0v) is 70.3. The fraction of sp³-hybridized carbons (Fsp3) is 0.208. The van der Waals surface area contributed by atoms with E-state index in [2.05, 4.69) is 5.32 Å². The minimum absolute atomic E-state index is 0. The molecule has 0 radical (unpaired) electrons. The van der Waals surface area contributed by atoms with Gasteiger partial charge in [0.25, 0.3) is 35.4 Å². The van der Waals surface area contributed by atoms with Gasteiger partial charge in [-0.3, -0.25) is 55.8 Å². The molecule has 0 unspecified atom stereocenters. The zero-order chi connectivity index (χ0) is 86.4.